The molecule has 0 saturated carbocycles. The van der Waals surface area contributed by atoms with Crippen molar-refractivity contribution in [1.29, 1.82) is 0 Å². The van der Waals surface area contributed by atoms with Gasteiger partial charge in [-0.2, -0.15) is 0 Å². The molecule has 3 N–H and O–H groups in total. The summed E-state index contributed by atoms with van der Waals surface area (Å²) in [6, 6.07) is 20.8. The predicted octanol–water partition coefficient (Wildman–Crippen LogP) is 5.63. The number of carbonyl (C=O) groups is 1. The molecule has 1 amide bonds. The second-order valence-electron chi connectivity index (χ2n) is 9.20. The predicted molar refractivity (Wildman–Crippen MR) is 145 cm³/mol. The molecule has 0 aliphatic carbocycles. The number of para-hydroxylation sites is 1. The molecule has 0 spiro atoms. The van der Waals surface area contributed by atoms with E-state index < -0.39 is 11.8 Å². The molecule has 37 heavy (non-hydrogen) atoms. The van der Waals surface area contributed by atoms with Gasteiger partial charge >= 0.3 is 0 Å². The minimum atomic E-state index is -1.07. The van der Waals surface area contributed by atoms with E-state index in [0.717, 1.165) is 34.3 Å². The van der Waals surface area contributed by atoms with E-state index in [1.54, 1.807) is 6.20 Å². The summed E-state index contributed by atoms with van der Waals surface area (Å²) in [5, 5.41) is 9.98. The van der Waals surface area contributed by atoms with E-state index in [1.807, 2.05) is 73.7 Å². The van der Waals surface area contributed by atoms with Crippen molar-refractivity contribution in [2.45, 2.75) is 25.1 Å². The van der Waals surface area contributed by atoms with Gasteiger partial charge in [0, 0.05) is 41.5 Å². The Morgan fingerprint density at radius 1 is 1.16 bits per heavy atom. The number of rotatable bonds is 7. The Labute approximate surface area is 214 Å². The van der Waals surface area contributed by atoms with Gasteiger partial charge in [-0.15, -0.1) is 0 Å². The maximum atomic E-state index is 14.4. The second-order valence-corrected chi connectivity index (χ2v) is 9.20. The van der Waals surface area contributed by atoms with Gasteiger partial charge in [0.15, 0.2) is 6.17 Å². The number of hydrogen-bond acceptors (Lipinski definition) is 6. The third-order valence-corrected chi connectivity index (χ3v) is 6.48. The fourth-order valence-electron chi connectivity index (χ4n) is 4.36. The van der Waals surface area contributed by atoms with Gasteiger partial charge in [-0.25, -0.2) is 14.4 Å². The summed E-state index contributed by atoms with van der Waals surface area (Å²) in [6.07, 6.45) is 2.54. The molecule has 188 valence electrons. The van der Waals surface area contributed by atoms with Gasteiger partial charge < -0.3 is 20.7 Å². The summed E-state index contributed by atoms with van der Waals surface area (Å²) in [6.45, 7) is 6.34. The average molecular weight is 498 g/mol. The van der Waals surface area contributed by atoms with Crippen LogP contribution in [0.15, 0.2) is 85.6 Å². The summed E-state index contributed by atoms with van der Waals surface area (Å²) < 4.78 is 20.4. The van der Waals surface area contributed by atoms with Crippen molar-refractivity contribution in [3.05, 3.63) is 85.6 Å². The first kappa shape index (κ1) is 24.4. The van der Waals surface area contributed by atoms with E-state index in [9.17, 15) is 9.18 Å². The number of aromatic nitrogens is 2. The van der Waals surface area contributed by atoms with Gasteiger partial charge in [0.05, 0.1) is 5.52 Å². The molecule has 3 aromatic carbocycles. The topological polar surface area (TPSA) is 88.2 Å². The summed E-state index contributed by atoms with van der Waals surface area (Å²) in [4.78, 5) is 21.0. The van der Waals surface area contributed by atoms with Crippen molar-refractivity contribution in [2.75, 3.05) is 23.7 Å². The lowest BCUT2D eigenvalue weighted by atomic mass is 9.92. The van der Waals surface area contributed by atoms with Crippen molar-refractivity contribution < 1.29 is 13.9 Å². The standard InChI is InChI=1S/C29H28FN5O2/c1-3-26(36)33-22-8-4-6-19(16-22)24-9-5-7-20-17-32-28(35-27(20)24)34-21-10-12-23(13-11-21)37-29(2)14-15-31-18-25(29)30/h3-13,16-17,25,31H,1,14-15,18H2,2H3,(H,33,36)(H,32,34,35)/t25-,29-/m1/s1. The van der Waals surface area contributed by atoms with Crippen LogP contribution in [0.2, 0.25) is 0 Å². The number of halogens is 1. The molecule has 0 bridgehead atoms. The highest BCUT2D eigenvalue weighted by atomic mass is 19.1. The van der Waals surface area contributed by atoms with E-state index in [4.69, 9.17) is 9.72 Å². The van der Waals surface area contributed by atoms with Crippen LogP contribution in [0.25, 0.3) is 22.0 Å². The van der Waals surface area contributed by atoms with E-state index in [2.05, 4.69) is 27.5 Å². The van der Waals surface area contributed by atoms with Crippen LogP contribution in [0.1, 0.15) is 13.3 Å². The van der Waals surface area contributed by atoms with E-state index in [0.29, 0.717) is 30.4 Å². The van der Waals surface area contributed by atoms with Crippen LogP contribution in [0, 0.1) is 0 Å². The molecule has 1 aromatic heterocycles. The summed E-state index contributed by atoms with van der Waals surface area (Å²) in [5.74, 6) is 0.788. The highest BCUT2D eigenvalue weighted by molar-refractivity contribution is 6.00. The molecule has 5 rings (SSSR count). The van der Waals surface area contributed by atoms with E-state index in [-0.39, 0.29) is 5.91 Å². The number of amides is 1. The Morgan fingerprint density at radius 3 is 2.76 bits per heavy atom. The fraction of sp³-hybridized carbons (Fsp3) is 0.207. The zero-order valence-corrected chi connectivity index (χ0v) is 20.5. The Kier molecular flexibility index (Phi) is 6.83. The van der Waals surface area contributed by atoms with Crippen LogP contribution >= 0.6 is 0 Å². The number of hydrogen-bond donors (Lipinski definition) is 3. The number of benzene rings is 3. The number of alkyl halides is 1. The number of anilines is 3. The summed E-state index contributed by atoms with van der Waals surface area (Å²) in [7, 11) is 0. The van der Waals surface area contributed by atoms with E-state index in [1.165, 1.54) is 6.08 Å². The molecule has 7 nitrogen and oxygen atoms in total. The van der Waals surface area contributed by atoms with Gasteiger partial charge in [-0.3, -0.25) is 4.79 Å². The molecule has 2 heterocycles. The number of piperidine rings is 1. The molecule has 0 radical (unpaired) electrons. The minimum Gasteiger partial charge on any atom is -0.484 e. The van der Waals surface area contributed by atoms with Crippen molar-refractivity contribution in [2.24, 2.45) is 0 Å². The van der Waals surface area contributed by atoms with Crippen molar-refractivity contribution in [3.8, 4) is 16.9 Å². The van der Waals surface area contributed by atoms with Gasteiger partial charge in [0.1, 0.15) is 11.4 Å². The van der Waals surface area contributed by atoms with Crippen LogP contribution in [0.5, 0.6) is 5.75 Å². The molecular formula is C29H28FN5O2. The molecule has 1 aliphatic rings. The van der Waals surface area contributed by atoms with Gasteiger partial charge in [-0.1, -0.05) is 36.9 Å². The summed E-state index contributed by atoms with van der Waals surface area (Å²) in [5.41, 5.74) is 3.22. The molecule has 2 atom stereocenters. The van der Waals surface area contributed by atoms with Gasteiger partial charge in [0.2, 0.25) is 11.9 Å². The molecule has 1 saturated heterocycles. The quantitative estimate of drug-likeness (QED) is 0.287. The molecule has 4 aromatic rings. The SMILES string of the molecule is C=CC(=O)Nc1cccc(-c2cccc3cnc(Nc4ccc(O[C@]5(C)CCNC[C@H]5F)cc4)nc23)c1. The highest BCUT2D eigenvalue weighted by Crippen LogP contribution is 2.31. The van der Waals surface area contributed by atoms with Gasteiger partial charge in [0.25, 0.3) is 0 Å². The average Bonchev–Trinajstić information content (AvgIpc) is 2.91. The third kappa shape index (κ3) is 5.44. The fourth-order valence-corrected chi connectivity index (χ4v) is 4.36. The highest BCUT2D eigenvalue weighted by Gasteiger charge is 2.39. The van der Waals surface area contributed by atoms with Crippen LogP contribution in [0.4, 0.5) is 21.7 Å². The number of ether oxygens (including phenoxy) is 1. The van der Waals surface area contributed by atoms with Crippen LogP contribution < -0.4 is 20.7 Å². The van der Waals surface area contributed by atoms with Gasteiger partial charge in [-0.05, 0) is 61.5 Å². The molecule has 0 unspecified atom stereocenters. The maximum Gasteiger partial charge on any atom is 0.247 e. The second kappa shape index (κ2) is 10.4. The molecular weight excluding hydrogens is 469 g/mol. The minimum absolute atomic E-state index is 0.269. The number of nitrogens with one attached hydrogen (secondary N) is 3. The Hall–Kier alpha value is -4.30. The van der Waals surface area contributed by atoms with Crippen molar-refractivity contribution >= 4 is 34.1 Å². The first-order valence-electron chi connectivity index (χ1n) is 12.1. The molecule has 1 aliphatic heterocycles. The monoisotopic (exact) mass is 497 g/mol. The number of fused-ring (bicyclic) bond motifs is 1. The first-order valence-corrected chi connectivity index (χ1v) is 12.1. The van der Waals surface area contributed by atoms with Crippen LogP contribution in [-0.2, 0) is 4.79 Å². The Bertz CT molecular complexity index is 1440. The summed E-state index contributed by atoms with van der Waals surface area (Å²) >= 11 is 0. The Morgan fingerprint density at radius 2 is 1.97 bits per heavy atom. The van der Waals surface area contributed by atoms with Crippen molar-refractivity contribution in [3.63, 3.8) is 0 Å². The lowest BCUT2D eigenvalue weighted by molar-refractivity contribution is -0.111. The van der Waals surface area contributed by atoms with Crippen molar-refractivity contribution in [1.82, 2.24) is 15.3 Å². The lowest BCUT2D eigenvalue weighted by Gasteiger charge is -2.37. The zero-order valence-electron chi connectivity index (χ0n) is 20.5. The van der Waals surface area contributed by atoms with Crippen LogP contribution in [-0.4, -0.2) is 40.7 Å². The first-order chi connectivity index (χ1) is 17.9. The lowest BCUT2D eigenvalue weighted by Crippen LogP contribution is -2.53. The third-order valence-electron chi connectivity index (χ3n) is 6.48. The zero-order chi connectivity index (χ0) is 25.8. The maximum absolute atomic E-state index is 14.4. The number of nitrogens with zero attached hydrogens (tertiary/aromatic N) is 2. The normalized spacial score (nSPS) is 19.2. The molecule has 1 fully saturated rings. The smallest absolute Gasteiger partial charge is 0.247 e. The largest absolute Gasteiger partial charge is 0.484 e. The van der Waals surface area contributed by atoms with Crippen LogP contribution in [0.3, 0.4) is 0 Å². The molecule has 8 heteroatoms. The van der Waals surface area contributed by atoms with E-state index >= 15 is 0 Å². The number of carbonyl (C=O) groups excluding carboxylic acids is 1. The Balaban J connectivity index is 1.37.